The Hall–Kier alpha value is -1.03. The number of hydrogen-bond donors (Lipinski definition) is 1. The van der Waals surface area contributed by atoms with Gasteiger partial charge in [0.1, 0.15) is 0 Å². The van der Waals surface area contributed by atoms with Gasteiger partial charge in [-0.2, -0.15) is 0 Å². The van der Waals surface area contributed by atoms with Crippen molar-refractivity contribution in [2.45, 2.75) is 44.3 Å². The Morgan fingerprint density at radius 3 is 2.56 bits per heavy atom. The molecular formula is C14H21NO2S. The fourth-order valence-electron chi connectivity index (χ4n) is 2.54. The van der Waals surface area contributed by atoms with Gasteiger partial charge in [0.05, 0.1) is 15.8 Å². The molecule has 1 aromatic rings. The van der Waals surface area contributed by atoms with E-state index in [0.29, 0.717) is 11.4 Å². The van der Waals surface area contributed by atoms with Crippen LogP contribution >= 0.6 is 0 Å². The highest BCUT2D eigenvalue weighted by molar-refractivity contribution is 7.92. The predicted molar refractivity (Wildman–Crippen MR) is 74.7 cm³/mol. The summed E-state index contributed by atoms with van der Waals surface area (Å²) < 4.78 is 25.4. The lowest BCUT2D eigenvalue weighted by Crippen LogP contribution is -2.43. The number of benzene rings is 1. The maximum Gasteiger partial charge on any atom is 0.185 e. The van der Waals surface area contributed by atoms with Crippen LogP contribution in [0.25, 0.3) is 0 Å². The highest BCUT2D eigenvalue weighted by atomic mass is 32.2. The summed E-state index contributed by atoms with van der Waals surface area (Å²) in [6, 6.07) is 5.54. The van der Waals surface area contributed by atoms with Gasteiger partial charge >= 0.3 is 0 Å². The Bertz CT molecular complexity index is 556. The Morgan fingerprint density at radius 2 is 2.00 bits per heavy atom. The molecule has 0 radical (unpaired) electrons. The molecule has 0 saturated carbocycles. The molecule has 3 nitrogen and oxygen atoms in total. The molecule has 0 amide bonds. The summed E-state index contributed by atoms with van der Waals surface area (Å²) in [7, 11) is -3.24. The Kier molecular flexibility index (Phi) is 3.18. The van der Waals surface area contributed by atoms with Gasteiger partial charge in [-0.15, -0.1) is 0 Å². The molecule has 1 unspecified atom stereocenters. The molecule has 1 atom stereocenters. The first-order chi connectivity index (χ1) is 8.28. The van der Waals surface area contributed by atoms with Gasteiger partial charge in [0.25, 0.3) is 0 Å². The number of hydrogen-bond acceptors (Lipinski definition) is 3. The molecule has 1 heterocycles. The van der Waals surface area contributed by atoms with E-state index < -0.39 is 9.84 Å². The number of para-hydroxylation sites is 1. The number of sulfone groups is 1. The maximum absolute atomic E-state index is 12.7. The standard InChI is InChI=1S/C14H21NO2S/c1-5-10-7-6-8-11-13(10)15-9-12(14(2,3)4)18(11,16)17/h6-8,12,15H,5,9H2,1-4H3. The van der Waals surface area contributed by atoms with E-state index in [1.807, 2.05) is 39.8 Å². The van der Waals surface area contributed by atoms with Crippen LogP contribution in [0.3, 0.4) is 0 Å². The van der Waals surface area contributed by atoms with E-state index in [1.54, 1.807) is 6.07 Å². The maximum atomic E-state index is 12.7. The van der Waals surface area contributed by atoms with Gasteiger partial charge < -0.3 is 5.32 Å². The smallest absolute Gasteiger partial charge is 0.185 e. The van der Waals surface area contributed by atoms with Gasteiger partial charge in [-0.1, -0.05) is 39.8 Å². The summed E-state index contributed by atoms with van der Waals surface area (Å²) in [6.45, 7) is 8.47. The summed E-state index contributed by atoms with van der Waals surface area (Å²) in [5.41, 5.74) is 1.62. The molecule has 0 saturated heterocycles. The molecule has 0 spiro atoms. The largest absolute Gasteiger partial charge is 0.382 e. The quantitative estimate of drug-likeness (QED) is 0.851. The zero-order valence-corrected chi connectivity index (χ0v) is 12.3. The first-order valence-electron chi connectivity index (χ1n) is 6.38. The molecule has 4 heteroatoms. The second-order valence-electron chi connectivity index (χ2n) is 5.92. The van der Waals surface area contributed by atoms with Crippen molar-refractivity contribution in [3.05, 3.63) is 23.8 Å². The number of nitrogens with one attached hydrogen (secondary N) is 1. The average Bonchev–Trinajstić information content (AvgIpc) is 2.26. The normalized spacial score (nSPS) is 22.1. The predicted octanol–water partition coefficient (Wildman–Crippen LogP) is 2.86. The van der Waals surface area contributed by atoms with Gasteiger partial charge in [0.2, 0.25) is 0 Å². The highest BCUT2D eigenvalue weighted by Crippen LogP contribution is 2.38. The van der Waals surface area contributed by atoms with Gasteiger partial charge in [-0.05, 0) is 23.5 Å². The lowest BCUT2D eigenvalue weighted by Gasteiger charge is -2.35. The van der Waals surface area contributed by atoms with Crippen LogP contribution in [-0.4, -0.2) is 20.2 Å². The molecule has 1 N–H and O–H groups in total. The van der Waals surface area contributed by atoms with E-state index in [0.717, 1.165) is 17.7 Å². The molecule has 0 aromatic heterocycles. The van der Waals surface area contributed by atoms with E-state index >= 15 is 0 Å². The van der Waals surface area contributed by atoms with Gasteiger partial charge in [0, 0.05) is 6.54 Å². The van der Waals surface area contributed by atoms with Crippen LogP contribution in [0.4, 0.5) is 5.69 Å². The summed E-state index contributed by atoms with van der Waals surface area (Å²) in [5.74, 6) is 0. The van der Waals surface area contributed by atoms with Crippen molar-refractivity contribution in [2.24, 2.45) is 5.41 Å². The lowest BCUT2D eigenvalue weighted by atomic mass is 9.91. The Morgan fingerprint density at radius 1 is 1.33 bits per heavy atom. The minimum atomic E-state index is -3.24. The third kappa shape index (κ3) is 2.03. The minimum Gasteiger partial charge on any atom is -0.382 e. The fourth-order valence-corrected chi connectivity index (χ4v) is 4.83. The van der Waals surface area contributed by atoms with Crippen LogP contribution in [0, 0.1) is 5.41 Å². The second kappa shape index (κ2) is 4.26. The van der Waals surface area contributed by atoms with Crippen molar-refractivity contribution in [1.82, 2.24) is 0 Å². The van der Waals surface area contributed by atoms with Gasteiger partial charge in [0.15, 0.2) is 9.84 Å². The van der Waals surface area contributed by atoms with E-state index in [9.17, 15) is 8.42 Å². The summed E-state index contributed by atoms with van der Waals surface area (Å²) >= 11 is 0. The molecule has 0 aliphatic carbocycles. The topological polar surface area (TPSA) is 46.2 Å². The number of anilines is 1. The molecule has 2 rings (SSSR count). The van der Waals surface area contributed by atoms with Crippen LogP contribution in [0.2, 0.25) is 0 Å². The molecular weight excluding hydrogens is 246 g/mol. The fraction of sp³-hybridized carbons (Fsp3) is 0.571. The van der Waals surface area contributed by atoms with Gasteiger partial charge in [-0.3, -0.25) is 0 Å². The van der Waals surface area contributed by atoms with Crippen LogP contribution in [0.15, 0.2) is 23.1 Å². The van der Waals surface area contributed by atoms with E-state index in [1.165, 1.54) is 0 Å². The zero-order valence-electron chi connectivity index (χ0n) is 11.4. The molecule has 100 valence electrons. The summed E-state index contributed by atoms with van der Waals surface area (Å²) in [5, 5.41) is 2.94. The molecule has 0 fully saturated rings. The lowest BCUT2D eigenvalue weighted by molar-refractivity contribution is 0.382. The first kappa shape index (κ1) is 13.4. The van der Waals surface area contributed by atoms with Crippen LogP contribution in [0.5, 0.6) is 0 Å². The highest BCUT2D eigenvalue weighted by Gasteiger charge is 2.41. The van der Waals surface area contributed by atoms with E-state index in [4.69, 9.17) is 0 Å². The third-order valence-corrected chi connectivity index (χ3v) is 6.18. The minimum absolute atomic E-state index is 0.258. The van der Waals surface area contributed by atoms with Crippen molar-refractivity contribution >= 4 is 15.5 Å². The van der Waals surface area contributed by atoms with Crippen molar-refractivity contribution in [3.8, 4) is 0 Å². The average molecular weight is 267 g/mol. The SMILES string of the molecule is CCc1cccc2c1NCC(C(C)(C)C)S2(=O)=O. The van der Waals surface area contributed by atoms with Crippen molar-refractivity contribution in [3.63, 3.8) is 0 Å². The Labute approximate surface area is 110 Å². The molecule has 1 aromatic carbocycles. The second-order valence-corrected chi connectivity index (χ2v) is 8.02. The third-order valence-electron chi connectivity index (χ3n) is 3.60. The molecule has 1 aliphatic rings. The van der Waals surface area contributed by atoms with Crippen LogP contribution in [-0.2, 0) is 16.3 Å². The van der Waals surface area contributed by atoms with Crippen molar-refractivity contribution < 1.29 is 8.42 Å². The molecule has 1 aliphatic heterocycles. The molecule has 18 heavy (non-hydrogen) atoms. The zero-order chi connectivity index (χ0) is 13.6. The summed E-state index contributed by atoms with van der Waals surface area (Å²) in [6.07, 6.45) is 0.839. The Balaban J connectivity index is 2.60. The molecule has 0 bridgehead atoms. The van der Waals surface area contributed by atoms with Crippen LogP contribution in [0.1, 0.15) is 33.3 Å². The summed E-state index contributed by atoms with van der Waals surface area (Å²) in [4.78, 5) is 0.466. The number of rotatable bonds is 1. The number of aryl methyl sites for hydroxylation is 1. The van der Waals surface area contributed by atoms with Gasteiger partial charge in [-0.25, -0.2) is 8.42 Å². The van der Waals surface area contributed by atoms with E-state index in [-0.39, 0.29) is 10.7 Å². The van der Waals surface area contributed by atoms with Crippen molar-refractivity contribution in [2.75, 3.05) is 11.9 Å². The van der Waals surface area contributed by atoms with Crippen molar-refractivity contribution in [1.29, 1.82) is 0 Å². The first-order valence-corrected chi connectivity index (χ1v) is 7.92. The number of fused-ring (bicyclic) bond motifs is 1. The van der Waals surface area contributed by atoms with E-state index in [2.05, 4.69) is 5.32 Å². The van der Waals surface area contributed by atoms with Crippen LogP contribution < -0.4 is 5.32 Å². The monoisotopic (exact) mass is 267 g/mol.